The van der Waals surface area contributed by atoms with Gasteiger partial charge in [0.2, 0.25) is 0 Å². The van der Waals surface area contributed by atoms with Gasteiger partial charge >= 0.3 is 0 Å². The fourth-order valence-electron chi connectivity index (χ4n) is 5.15. The number of benzene rings is 3. The molecule has 6 heteroatoms. The van der Waals surface area contributed by atoms with Crippen molar-refractivity contribution in [3.05, 3.63) is 88.0 Å². The van der Waals surface area contributed by atoms with Crippen molar-refractivity contribution in [3.8, 4) is 17.2 Å². The Bertz CT molecular complexity index is 1030. The van der Waals surface area contributed by atoms with Gasteiger partial charge in [-0.3, -0.25) is 0 Å². The van der Waals surface area contributed by atoms with E-state index in [1.54, 1.807) is 18.2 Å². The number of phenolic OH excluding ortho intramolecular Hbond substituents is 3. The molecule has 0 atom stereocenters. The Morgan fingerprint density at radius 2 is 0.806 bits per heavy atom. The van der Waals surface area contributed by atoms with Crippen LogP contribution >= 0.6 is 0 Å². The molecule has 3 aromatic carbocycles. The van der Waals surface area contributed by atoms with Crippen molar-refractivity contribution in [2.45, 2.75) is 77.8 Å². The van der Waals surface area contributed by atoms with Crippen LogP contribution in [0.2, 0.25) is 0 Å². The third-order valence-electron chi connectivity index (χ3n) is 7.16. The first-order valence-corrected chi connectivity index (χ1v) is 12.8. The molecule has 0 radical (unpaired) electrons. The maximum absolute atomic E-state index is 10.3. The Morgan fingerprint density at radius 3 is 1.08 bits per heavy atom. The molecule has 0 spiro atoms. The molecule has 0 unspecified atom stereocenters. The quantitative estimate of drug-likeness (QED) is 0.261. The molecule has 0 saturated heterocycles. The summed E-state index contributed by atoms with van der Waals surface area (Å²) in [5.74, 6) is 0.953. The van der Waals surface area contributed by atoms with Crippen molar-refractivity contribution in [1.29, 1.82) is 0 Å². The monoisotopic (exact) mass is 489 g/mol. The lowest BCUT2D eigenvalue weighted by atomic mass is 9.86. The molecule has 0 aromatic heterocycles. The summed E-state index contributed by atoms with van der Waals surface area (Å²) in [6.45, 7) is 7.92. The fraction of sp³-hybridized carbons (Fsp3) is 0.400. The molecular formula is C30H39N3O3. The number of hydrogen-bond acceptors (Lipinski definition) is 6. The van der Waals surface area contributed by atoms with Gasteiger partial charge in [0.15, 0.2) is 0 Å². The minimum Gasteiger partial charge on any atom is -0.508 e. The van der Waals surface area contributed by atoms with E-state index in [1.807, 2.05) is 57.2 Å². The summed E-state index contributed by atoms with van der Waals surface area (Å²) in [6.07, 6.45) is 2.85. The lowest BCUT2D eigenvalue weighted by Crippen LogP contribution is -2.50. The Labute approximate surface area is 214 Å². The second kappa shape index (κ2) is 11.8. The number of aromatic hydroxyl groups is 3. The zero-order valence-corrected chi connectivity index (χ0v) is 21.5. The third kappa shape index (κ3) is 7.00. The summed E-state index contributed by atoms with van der Waals surface area (Å²) in [5, 5.41) is 41.8. The highest BCUT2D eigenvalue weighted by atomic mass is 16.3. The van der Waals surface area contributed by atoms with E-state index in [2.05, 4.69) is 16.0 Å². The summed E-state index contributed by atoms with van der Waals surface area (Å²) in [7, 11) is 0. The van der Waals surface area contributed by atoms with Crippen LogP contribution < -0.4 is 16.0 Å². The summed E-state index contributed by atoms with van der Waals surface area (Å²) in [5.41, 5.74) is 6.10. The largest absolute Gasteiger partial charge is 0.508 e. The van der Waals surface area contributed by atoms with Crippen LogP contribution in [0.3, 0.4) is 0 Å². The molecule has 6 nitrogen and oxygen atoms in total. The van der Waals surface area contributed by atoms with Crippen LogP contribution in [0.5, 0.6) is 17.2 Å². The van der Waals surface area contributed by atoms with Crippen molar-refractivity contribution >= 4 is 0 Å². The number of aryl methyl sites for hydroxylation is 3. The van der Waals surface area contributed by atoms with Crippen LogP contribution in [-0.2, 0) is 19.6 Å². The fourth-order valence-corrected chi connectivity index (χ4v) is 5.15. The third-order valence-corrected chi connectivity index (χ3v) is 7.16. The minimum absolute atomic E-state index is 0.255. The first-order chi connectivity index (χ1) is 17.3. The Kier molecular flexibility index (Phi) is 8.52. The summed E-state index contributed by atoms with van der Waals surface area (Å²) in [6, 6.07) is 17.9. The standard InChI is InChI=1S/C30H39N3O3/c1-19-4-7-28(34)22(10-19)16-31-25-13-26(32-17-23-11-20(2)5-8-29(23)35)15-27(14-25)33-18-24-12-21(3)6-9-30(24)36/h4-12,25-27,31-36H,13-18H2,1-3H3. The number of hydrogen-bond donors (Lipinski definition) is 6. The predicted molar refractivity (Wildman–Crippen MR) is 144 cm³/mol. The van der Waals surface area contributed by atoms with Gasteiger partial charge in [0, 0.05) is 54.5 Å². The molecule has 36 heavy (non-hydrogen) atoms. The molecular weight excluding hydrogens is 450 g/mol. The smallest absolute Gasteiger partial charge is 0.120 e. The zero-order chi connectivity index (χ0) is 25.7. The highest BCUT2D eigenvalue weighted by Crippen LogP contribution is 2.25. The molecule has 1 aliphatic rings. The van der Waals surface area contributed by atoms with E-state index in [9.17, 15) is 15.3 Å². The van der Waals surface area contributed by atoms with E-state index in [0.717, 1.165) is 52.6 Å². The Morgan fingerprint density at radius 1 is 0.528 bits per heavy atom. The van der Waals surface area contributed by atoms with E-state index < -0.39 is 0 Å². The normalized spacial score (nSPS) is 19.9. The first-order valence-electron chi connectivity index (χ1n) is 12.8. The van der Waals surface area contributed by atoms with Crippen molar-refractivity contribution in [2.24, 2.45) is 0 Å². The van der Waals surface area contributed by atoms with Crippen molar-refractivity contribution in [1.82, 2.24) is 16.0 Å². The van der Waals surface area contributed by atoms with Crippen LogP contribution in [0.15, 0.2) is 54.6 Å². The number of rotatable bonds is 9. The molecule has 0 aliphatic heterocycles. The van der Waals surface area contributed by atoms with Crippen molar-refractivity contribution in [3.63, 3.8) is 0 Å². The molecule has 1 saturated carbocycles. The van der Waals surface area contributed by atoms with Gasteiger partial charge in [0.1, 0.15) is 17.2 Å². The maximum Gasteiger partial charge on any atom is 0.120 e. The molecule has 192 valence electrons. The van der Waals surface area contributed by atoms with Crippen LogP contribution in [0.25, 0.3) is 0 Å². The minimum atomic E-state index is 0.255. The summed E-state index contributed by atoms with van der Waals surface area (Å²) in [4.78, 5) is 0. The lowest BCUT2D eigenvalue weighted by molar-refractivity contribution is 0.245. The SMILES string of the molecule is Cc1ccc(O)c(CNC2CC(NCc3cc(C)ccc3O)CC(NCc3cc(C)ccc3O)C2)c1. The average molecular weight is 490 g/mol. The lowest BCUT2D eigenvalue weighted by Gasteiger charge is -2.37. The van der Waals surface area contributed by atoms with Crippen LogP contribution in [0.1, 0.15) is 52.6 Å². The van der Waals surface area contributed by atoms with Gasteiger partial charge in [-0.25, -0.2) is 0 Å². The maximum atomic E-state index is 10.3. The molecule has 0 bridgehead atoms. The van der Waals surface area contributed by atoms with E-state index >= 15 is 0 Å². The molecule has 0 amide bonds. The molecule has 6 N–H and O–H groups in total. The van der Waals surface area contributed by atoms with Gasteiger partial charge in [0.25, 0.3) is 0 Å². The van der Waals surface area contributed by atoms with Gasteiger partial charge in [-0.1, -0.05) is 53.1 Å². The second-order valence-corrected chi connectivity index (χ2v) is 10.3. The summed E-state index contributed by atoms with van der Waals surface area (Å²) >= 11 is 0. The molecule has 4 rings (SSSR count). The van der Waals surface area contributed by atoms with E-state index in [-0.39, 0.29) is 18.1 Å². The summed E-state index contributed by atoms with van der Waals surface area (Å²) < 4.78 is 0. The number of phenols is 3. The van der Waals surface area contributed by atoms with E-state index in [0.29, 0.717) is 36.9 Å². The van der Waals surface area contributed by atoms with Gasteiger partial charge < -0.3 is 31.3 Å². The highest BCUT2D eigenvalue weighted by Gasteiger charge is 2.28. The van der Waals surface area contributed by atoms with Crippen LogP contribution in [0.4, 0.5) is 0 Å². The van der Waals surface area contributed by atoms with Crippen LogP contribution in [0, 0.1) is 20.8 Å². The Balaban J connectivity index is 1.43. The average Bonchev–Trinajstić information content (AvgIpc) is 2.85. The first kappa shape index (κ1) is 26.0. The highest BCUT2D eigenvalue weighted by molar-refractivity contribution is 5.37. The zero-order valence-electron chi connectivity index (χ0n) is 21.5. The molecule has 0 heterocycles. The van der Waals surface area contributed by atoms with Crippen molar-refractivity contribution < 1.29 is 15.3 Å². The molecule has 3 aromatic rings. The molecule has 1 aliphatic carbocycles. The second-order valence-electron chi connectivity index (χ2n) is 10.3. The van der Waals surface area contributed by atoms with E-state index in [1.165, 1.54) is 0 Å². The van der Waals surface area contributed by atoms with E-state index in [4.69, 9.17) is 0 Å². The Hall–Kier alpha value is -3.06. The van der Waals surface area contributed by atoms with Gasteiger partial charge in [-0.15, -0.1) is 0 Å². The number of nitrogens with one attached hydrogen (secondary N) is 3. The van der Waals surface area contributed by atoms with Gasteiger partial charge in [-0.05, 0) is 58.2 Å². The van der Waals surface area contributed by atoms with Gasteiger partial charge in [-0.2, -0.15) is 0 Å². The molecule has 1 fully saturated rings. The van der Waals surface area contributed by atoms with Crippen molar-refractivity contribution in [2.75, 3.05) is 0 Å². The van der Waals surface area contributed by atoms with Gasteiger partial charge in [0.05, 0.1) is 0 Å². The predicted octanol–water partition coefficient (Wildman–Crippen LogP) is 4.69. The topological polar surface area (TPSA) is 96.8 Å². The van der Waals surface area contributed by atoms with Crippen LogP contribution in [-0.4, -0.2) is 33.4 Å².